The molecule has 0 amide bonds. The number of nitrogens with zero attached hydrogens (tertiary/aromatic N) is 1. The Morgan fingerprint density at radius 3 is 2.36 bits per heavy atom. The molecule has 0 unspecified atom stereocenters. The molecule has 0 spiro atoms. The predicted octanol–water partition coefficient (Wildman–Crippen LogP) is 5.77. The molecule has 2 aromatic rings. The van der Waals surface area contributed by atoms with Crippen molar-refractivity contribution < 1.29 is 9.90 Å². The van der Waals surface area contributed by atoms with Crippen LogP contribution in [0.25, 0.3) is 12.2 Å². The predicted molar refractivity (Wildman–Crippen MR) is 107 cm³/mol. The number of aromatic hydroxyl groups is 1. The first-order valence-electron chi connectivity index (χ1n) is 8.60. The fourth-order valence-electron chi connectivity index (χ4n) is 2.42. The summed E-state index contributed by atoms with van der Waals surface area (Å²) in [4.78, 5) is 19.8. The first-order chi connectivity index (χ1) is 12.2. The van der Waals surface area contributed by atoms with Gasteiger partial charge in [-0.15, -0.1) is 0 Å². The van der Waals surface area contributed by atoms with Gasteiger partial charge < -0.3 is 10.1 Å². The molecule has 25 heavy (non-hydrogen) atoms. The Morgan fingerprint density at radius 2 is 1.80 bits per heavy atom. The number of para-hydroxylation sites is 1. The van der Waals surface area contributed by atoms with E-state index < -0.39 is 0 Å². The summed E-state index contributed by atoms with van der Waals surface area (Å²) in [7, 11) is 0. The van der Waals surface area contributed by atoms with Crippen LogP contribution in [0.1, 0.15) is 61.9 Å². The van der Waals surface area contributed by atoms with Crippen LogP contribution in [0.4, 0.5) is 5.69 Å². The second kappa shape index (κ2) is 9.42. The molecule has 1 aromatic heterocycles. The highest BCUT2D eigenvalue weighted by molar-refractivity contribution is 6.55. The topological polar surface area (TPSA) is 65.5 Å². The van der Waals surface area contributed by atoms with Gasteiger partial charge in [-0.05, 0) is 25.1 Å². The van der Waals surface area contributed by atoms with E-state index in [1.807, 2.05) is 46.8 Å². The molecule has 0 saturated heterocycles. The fourth-order valence-corrected chi connectivity index (χ4v) is 2.42. The van der Waals surface area contributed by atoms with Crippen LogP contribution in [0.5, 0.6) is 5.75 Å². The van der Waals surface area contributed by atoms with Crippen molar-refractivity contribution in [2.24, 2.45) is 4.99 Å². The minimum atomic E-state index is -0.190. The maximum atomic E-state index is 12.4. The number of carbonyl (C=O) groups excluding carboxylic acids is 1. The molecule has 3 rings (SSSR count). The number of ketones is 1. The molecule has 0 radical (unpaired) electrons. The lowest BCUT2D eigenvalue weighted by Gasteiger charge is -1.97. The Morgan fingerprint density at radius 1 is 1.16 bits per heavy atom. The highest BCUT2D eigenvalue weighted by Crippen LogP contribution is 2.34. The van der Waals surface area contributed by atoms with E-state index in [9.17, 15) is 9.90 Å². The Kier molecular flexibility index (Phi) is 7.60. The van der Waals surface area contributed by atoms with Gasteiger partial charge in [0.15, 0.2) is 5.75 Å². The van der Waals surface area contributed by atoms with E-state index in [0.29, 0.717) is 28.2 Å². The summed E-state index contributed by atoms with van der Waals surface area (Å²) in [6, 6.07) is 7.13. The lowest BCUT2D eigenvalue weighted by atomic mass is 10.1. The quantitative estimate of drug-likeness (QED) is 0.746. The Hall–Kier alpha value is -2.88. The third kappa shape index (κ3) is 3.79. The zero-order valence-corrected chi connectivity index (χ0v) is 15.6. The number of allylic oxidation sites excluding steroid dienone is 1. The van der Waals surface area contributed by atoms with Gasteiger partial charge in [-0.1, -0.05) is 58.6 Å². The molecule has 0 bridgehead atoms. The lowest BCUT2D eigenvalue weighted by molar-refractivity contribution is 0.106. The van der Waals surface area contributed by atoms with E-state index in [4.69, 9.17) is 0 Å². The maximum absolute atomic E-state index is 12.4. The van der Waals surface area contributed by atoms with Crippen LogP contribution in [-0.4, -0.2) is 21.6 Å². The van der Waals surface area contributed by atoms with Crippen molar-refractivity contribution in [2.75, 3.05) is 0 Å². The maximum Gasteiger partial charge on any atom is 0.215 e. The van der Waals surface area contributed by atoms with Gasteiger partial charge in [0.05, 0.1) is 5.69 Å². The highest BCUT2D eigenvalue weighted by atomic mass is 16.3. The summed E-state index contributed by atoms with van der Waals surface area (Å²) >= 11 is 0. The first kappa shape index (κ1) is 20.2. The highest BCUT2D eigenvalue weighted by Gasteiger charge is 2.29. The molecule has 1 aliphatic rings. The third-order valence-corrected chi connectivity index (χ3v) is 3.41. The Bertz CT molecular complexity index is 811. The summed E-state index contributed by atoms with van der Waals surface area (Å²) in [5.74, 6) is -0.173. The largest absolute Gasteiger partial charge is 0.505 e. The average molecular weight is 338 g/mol. The number of aromatic amines is 1. The molecule has 0 saturated carbocycles. The summed E-state index contributed by atoms with van der Waals surface area (Å²) in [5, 5.41) is 10.4. The van der Waals surface area contributed by atoms with Crippen molar-refractivity contribution in [3.63, 3.8) is 0 Å². The van der Waals surface area contributed by atoms with Gasteiger partial charge in [-0.2, -0.15) is 0 Å². The molecule has 1 aromatic carbocycles. The van der Waals surface area contributed by atoms with Crippen molar-refractivity contribution in [3.05, 3.63) is 59.4 Å². The monoisotopic (exact) mass is 338 g/mol. The smallest absolute Gasteiger partial charge is 0.215 e. The standard InChI is InChI=1S/C17H14N2O2.2C2H6/c1-3-7-10-12(4-2)18-14(16(10)20)15-17(21)11-8-5-6-9-13(11)19-15;2*1-2/h3-9,18,20H,2H2,1H3;2*1-2H3/b7-3-;;. The summed E-state index contributed by atoms with van der Waals surface area (Å²) in [5.41, 5.74) is 3.00. The number of Topliss-reactive ketones (excluding diaryl/α,β-unsaturated/α-hetero) is 1. The molecule has 1 aliphatic heterocycles. The number of hydrogen-bond acceptors (Lipinski definition) is 3. The minimum Gasteiger partial charge on any atom is -0.505 e. The number of hydrogen-bond donors (Lipinski definition) is 2. The van der Waals surface area contributed by atoms with Crippen LogP contribution in [0.2, 0.25) is 0 Å². The van der Waals surface area contributed by atoms with Gasteiger partial charge in [-0.25, -0.2) is 4.99 Å². The Balaban J connectivity index is 0.000000730. The molecular weight excluding hydrogens is 312 g/mol. The van der Waals surface area contributed by atoms with Gasteiger partial charge in [0.25, 0.3) is 0 Å². The van der Waals surface area contributed by atoms with Crippen molar-refractivity contribution >= 4 is 29.3 Å². The Labute approximate surface area is 149 Å². The number of rotatable bonds is 3. The van der Waals surface area contributed by atoms with E-state index >= 15 is 0 Å². The van der Waals surface area contributed by atoms with Crippen LogP contribution in [-0.2, 0) is 0 Å². The van der Waals surface area contributed by atoms with E-state index in [1.165, 1.54) is 0 Å². The van der Waals surface area contributed by atoms with Crippen LogP contribution in [0.15, 0.2) is 41.9 Å². The van der Waals surface area contributed by atoms with Gasteiger partial charge in [-0.3, -0.25) is 4.79 Å². The van der Waals surface area contributed by atoms with E-state index in [2.05, 4.69) is 16.6 Å². The summed E-state index contributed by atoms with van der Waals surface area (Å²) in [6.45, 7) is 13.6. The van der Waals surface area contributed by atoms with Gasteiger partial charge in [0.2, 0.25) is 5.78 Å². The molecule has 0 aliphatic carbocycles. The molecule has 132 valence electrons. The first-order valence-corrected chi connectivity index (χ1v) is 8.60. The number of H-pyrrole nitrogens is 1. The van der Waals surface area contributed by atoms with Gasteiger partial charge >= 0.3 is 0 Å². The number of aromatic nitrogens is 1. The number of benzene rings is 1. The van der Waals surface area contributed by atoms with Crippen molar-refractivity contribution in [2.45, 2.75) is 34.6 Å². The molecule has 4 heteroatoms. The molecule has 2 heterocycles. The van der Waals surface area contributed by atoms with Crippen molar-refractivity contribution in [1.29, 1.82) is 0 Å². The van der Waals surface area contributed by atoms with Crippen molar-refractivity contribution in [3.8, 4) is 5.75 Å². The van der Waals surface area contributed by atoms with Gasteiger partial charge in [0, 0.05) is 16.8 Å². The van der Waals surface area contributed by atoms with Crippen molar-refractivity contribution in [1.82, 2.24) is 4.98 Å². The molecular formula is C21H26N2O2. The van der Waals surface area contributed by atoms with E-state index in [0.717, 1.165) is 0 Å². The lowest BCUT2D eigenvalue weighted by Crippen LogP contribution is -2.11. The number of aliphatic imine (C=N–C) groups is 1. The number of fused-ring (bicyclic) bond motifs is 1. The zero-order chi connectivity index (χ0) is 19.0. The van der Waals surface area contributed by atoms with Crippen LogP contribution >= 0.6 is 0 Å². The molecule has 2 N–H and O–H groups in total. The van der Waals surface area contributed by atoms with Crippen LogP contribution in [0.3, 0.4) is 0 Å². The zero-order valence-electron chi connectivity index (χ0n) is 15.6. The second-order valence-electron chi connectivity index (χ2n) is 4.69. The molecule has 0 atom stereocenters. The number of carbonyl (C=O) groups is 1. The SMILES string of the molecule is C=Cc1[nH]c(C2=Nc3ccccc3C2=O)c(O)c1/C=C\C.CC.CC. The second-order valence-corrected chi connectivity index (χ2v) is 4.69. The third-order valence-electron chi connectivity index (χ3n) is 3.41. The van der Waals surface area contributed by atoms with Crippen LogP contribution < -0.4 is 0 Å². The van der Waals surface area contributed by atoms with Crippen LogP contribution in [0, 0.1) is 0 Å². The number of nitrogens with one attached hydrogen (secondary N) is 1. The molecule has 0 fully saturated rings. The summed E-state index contributed by atoms with van der Waals surface area (Å²) < 4.78 is 0. The molecule has 4 nitrogen and oxygen atoms in total. The normalized spacial score (nSPS) is 11.9. The average Bonchev–Trinajstić information content (AvgIpc) is 3.17. The van der Waals surface area contributed by atoms with E-state index in [1.54, 1.807) is 30.4 Å². The van der Waals surface area contributed by atoms with Gasteiger partial charge in [0.1, 0.15) is 11.4 Å². The minimum absolute atomic E-state index is 0.0166. The summed E-state index contributed by atoms with van der Waals surface area (Å²) in [6.07, 6.45) is 5.18. The van der Waals surface area contributed by atoms with E-state index in [-0.39, 0.29) is 17.2 Å². The fraction of sp³-hybridized carbons (Fsp3) is 0.238.